The van der Waals surface area contributed by atoms with Crippen molar-refractivity contribution in [3.8, 4) is 0 Å². The average Bonchev–Trinajstić information content (AvgIpc) is 2.74. The lowest BCUT2D eigenvalue weighted by Gasteiger charge is -2.38. The zero-order chi connectivity index (χ0) is 22.0. The number of aryl methyl sites for hydroxylation is 1. The van der Waals surface area contributed by atoms with E-state index in [1.165, 1.54) is 11.1 Å². The molecule has 0 radical (unpaired) electrons. The summed E-state index contributed by atoms with van der Waals surface area (Å²) in [5.74, 6) is -0.853. The van der Waals surface area contributed by atoms with Crippen LogP contribution in [0.4, 0.5) is 22.7 Å². The van der Waals surface area contributed by atoms with Crippen LogP contribution in [-0.4, -0.2) is 49.1 Å². The van der Waals surface area contributed by atoms with E-state index >= 15 is 0 Å². The zero-order valence-electron chi connectivity index (χ0n) is 17.0. The van der Waals surface area contributed by atoms with Crippen LogP contribution in [0, 0.1) is 34.1 Å². The number of esters is 1. The standard InChI is InChI=1S/C20H22N4O6/c1-13-5-4-6-17(14(13)2)21-7-9-22(10-8-21)19-16(20(25)30-3)11-15(23(26)27)12-18(19)24(28)29/h4-6,11-12H,7-10H2,1-3H3. The van der Waals surface area contributed by atoms with Gasteiger partial charge in [0.15, 0.2) is 0 Å². The van der Waals surface area contributed by atoms with Crippen molar-refractivity contribution in [2.45, 2.75) is 13.8 Å². The Morgan fingerprint density at radius 2 is 1.63 bits per heavy atom. The van der Waals surface area contributed by atoms with Gasteiger partial charge in [0.25, 0.3) is 11.4 Å². The molecule has 0 atom stereocenters. The fourth-order valence-electron chi connectivity index (χ4n) is 3.70. The van der Waals surface area contributed by atoms with Gasteiger partial charge in [0.05, 0.1) is 28.6 Å². The first-order chi connectivity index (χ1) is 14.2. The van der Waals surface area contributed by atoms with Crippen molar-refractivity contribution >= 4 is 28.7 Å². The Morgan fingerprint density at radius 3 is 2.20 bits per heavy atom. The van der Waals surface area contributed by atoms with Gasteiger partial charge >= 0.3 is 5.97 Å². The van der Waals surface area contributed by atoms with Gasteiger partial charge in [-0.2, -0.15) is 0 Å². The highest BCUT2D eigenvalue weighted by Gasteiger charge is 2.33. The minimum atomic E-state index is -0.853. The van der Waals surface area contributed by atoms with Crippen molar-refractivity contribution in [1.29, 1.82) is 0 Å². The number of rotatable bonds is 5. The molecule has 1 aliphatic rings. The number of carbonyl (C=O) groups is 1. The molecule has 0 amide bonds. The molecule has 0 bridgehead atoms. The van der Waals surface area contributed by atoms with Crippen molar-refractivity contribution in [2.24, 2.45) is 0 Å². The Bertz CT molecular complexity index is 1010. The van der Waals surface area contributed by atoms with Crippen LogP contribution in [-0.2, 0) is 4.74 Å². The molecule has 0 N–H and O–H groups in total. The normalized spacial score (nSPS) is 13.8. The van der Waals surface area contributed by atoms with Crippen molar-refractivity contribution in [3.63, 3.8) is 0 Å². The van der Waals surface area contributed by atoms with Crippen LogP contribution in [0.15, 0.2) is 30.3 Å². The monoisotopic (exact) mass is 414 g/mol. The smallest absolute Gasteiger partial charge is 0.340 e. The molecule has 1 heterocycles. The Morgan fingerprint density at radius 1 is 1.00 bits per heavy atom. The Hall–Kier alpha value is -3.69. The lowest BCUT2D eigenvalue weighted by Crippen LogP contribution is -2.47. The summed E-state index contributed by atoms with van der Waals surface area (Å²) in [6.45, 7) is 6.08. The van der Waals surface area contributed by atoms with Crippen LogP contribution < -0.4 is 9.80 Å². The van der Waals surface area contributed by atoms with Gasteiger partial charge in [-0.25, -0.2) is 4.79 Å². The number of methoxy groups -OCH3 is 1. The van der Waals surface area contributed by atoms with Crippen LogP contribution >= 0.6 is 0 Å². The molecule has 10 heteroatoms. The van der Waals surface area contributed by atoms with E-state index in [1.54, 1.807) is 4.90 Å². The Kier molecular flexibility index (Phi) is 5.86. The highest BCUT2D eigenvalue weighted by atomic mass is 16.6. The molecule has 158 valence electrons. The number of carbonyl (C=O) groups excluding carboxylic acids is 1. The highest BCUT2D eigenvalue weighted by Crippen LogP contribution is 2.37. The number of piperazine rings is 1. The number of hydrogen-bond donors (Lipinski definition) is 0. The van der Waals surface area contributed by atoms with Crippen molar-refractivity contribution in [3.05, 3.63) is 67.3 Å². The van der Waals surface area contributed by atoms with Gasteiger partial charge in [0.1, 0.15) is 5.69 Å². The molecule has 1 fully saturated rings. The molecule has 0 spiro atoms. The molecule has 0 aromatic heterocycles. The van der Waals surface area contributed by atoms with Crippen molar-refractivity contribution < 1.29 is 19.4 Å². The molecule has 0 aliphatic carbocycles. The summed E-state index contributed by atoms with van der Waals surface area (Å²) >= 11 is 0. The number of nitro groups is 2. The van der Waals surface area contributed by atoms with E-state index in [9.17, 15) is 25.0 Å². The third-order valence-corrected chi connectivity index (χ3v) is 5.40. The van der Waals surface area contributed by atoms with E-state index in [0.717, 1.165) is 24.9 Å². The molecule has 2 aromatic carbocycles. The van der Waals surface area contributed by atoms with Gasteiger partial charge in [0.2, 0.25) is 0 Å². The van der Waals surface area contributed by atoms with Gasteiger partial charge < -0.3 is 14.5 Å². The second kappa shape index (κ2) is 8.36. The van der Waals surface area contributed by atoms with E-state index < -0.39 is 27.2 Å². The van der Waals surface area contributed by atoms with E-state index in [-0.39, 0.29) is 11.3 Å². The van der Waals surface area contributed by atoms with E-state index in [1.807, 2.05) is 32.0 Å². The third kappa shape index (κ3) is 3.88. The summed E-state index contributed by atoms with van der Waals surface area (Å²) in [6.07, 6.45) is 0. The van der Waals surface area contributed by atoms with Crippen molar-refractivity contribution in [2.75, 3.05) is 43.1 Å². The first-order valence-corrected chi connectivity index (χ1v) is 9.35. The fourth-order valence-corrected chi connectivity index (χ4v) is 3.70. The summed E-state index contributed by atoms with van der Waals surface area (Å²) in [5.41, 5.74) is 2.30. The number of benzene rings is 2. The maximum atomic E-state index is 12.3. The van der Waals surface area contributed by atoms with Crippen LogP contribution in [0.5, 0.6) is 0 Å². The number of ether oxygens (including phenoxy) is 1. The van der Waals surface area contributed by atoms with E-state index in [4.69, 9.17) is 4.74 Å². The summed E-state index contributed by atoms with van der Waals surface area (Å²) in [7, 11) is 1.13. The molecule has 1 saturated heterocycles. The maximum absolute atomic E-state index is 12.3. The maximum Gasteiger partial charge on any atom is 0.340 e. The second-order valence-corrected chi connectivity index (χ2v) is 7.06. The van der Waals surface area contributed by atoms with E-state index in [2.05, 4.69) is 4.90 Å². The third-order valence-electron chi connectivity index (χ3n) is 5.40. The number of nitro benzene ring substituents is 2. The molecule has 0 saturated carbocycles. The average molecular weight is 414 g/mol. The largest absolute Gasteiger partial charge is 0.465 e. The molecular formula is C20H22N4O6. The van der Waals surface area contributed by atoms with Crippen LogP contribution in [0.25, 0.3) is 0 Å². The molecule has 0 unspecified atom stereocenters. The second-order valence-electron chi connectivity index (χ2n) is 7.06. The fraction of sp³-hybridized carbons (Fsp3) is 0.350. The lowest BCUT2D eigenvalue weighted by molar-refractivity contribution is -0.393. The summed E-state index contributed by atoms with van der Waals surface area (Å²) in [5, 5.41) is 22.9. The SMILES string of the molecule is COC(=O)c1cc([N+](=O)[O-])cc([N+](=O)[O-])c1N1CCN(c2cccc(C)c2C)CC1. The minimum absolute atomic E-state index is 0.0538. The van der Waals surface area contributed by atoms with Crippen LogP contribution in [0.1, 0.15) is 21.5 Å². The minimum Gasteiger partial charge on any atom is -0.465 e. The quantitative estimate of drug-likeness (QED) is 0.415. The topological polar surface area (TPSA) is 119 Å². The van der Waals surface area contributed by atoms with Crippen molar-refractivity contribution in [1.82, 2.24) is 0 Å². The van der Waals surface area contributed by atoms with Gasteiger partial charge in [0, 0.05) is 37.9 Å². The predicted octanol–water partition coefficient (Wildman–Crippen LogP) is 3.23. The summed E-state index contributed by atoms with van der Waals surface area (Å²) in [4.78, 5) is 37.6. The zero-order valence-corrected chi connectivity index (χ0v) is 17.0. The number of hydrogen-bond acceptors (Lipinski definition) is 8. The van der Waals surface area contributed by atoms with Crippen LogP contribution in [0.3, 0.4) is 0 Å². The van der Waals surface area contributed by atoms with Gasteiger partial charge in [-0.1, -0.05) is 12.1 Å². The molecule has 30 heavy (non-hydrogen) atoms. The first-order valence-electron chi connectivity index (χ1n) is 9.35. The molecule has 1 aliphatic heterocycles. The molecule has 2 aromatic rings. The Balaban J connectivity index is 1.98. The summed E-state index contributed by atoms with van der Waals surface area (Å²) in [6, 6.07) is 7.98. The molecular weight excluding hydrogens is 392 g/mol. The first kappa shape index (κ1) is 21.0. The van der Waals surface area contributed by atoms with Crippen LogP contribution in [0.2, 0.25) is 0 Å². The van der Waals surface area contributed by atoms with Gasteiger partial charge in [-0.05, 0) is 31.0 Å². The van der Waals surface area contributed by atoms with Gasteiger partial charge in [-0.3, -0.25) is 20.2 Å². The number of anilines is 2. The summed E-state index contributed by atoms with van der Waals surface area (Å²) < 4.78 is 4.74. The molecule has 10 nitrogen and oxygen atoms in total. The Labute approximate surface area is 173 Å². The molecule has 3 rings (SSSR count). The highest BCUT2D eigenvalue weighted by molar-refractivity contribution is 5.99. The van der Waals surface area contributed by atoms with E-state index in [0.29, 0.717) is 26.2 Å². The predicted molar refractivity (Wildman–Crippen MR) is 111 cm³/mol. The van der Waals surface area contributed by atoms with Gasteiger partial charge in [-0.15, -0.1) is 0 Å². The number of nitrogens with zero attached hydrogens (tertiary/aromatic N) is 4. The number of non-ortho nitro benzene ring substituents is 1. The lowest BCUT2D eigenvalue weighted by atomic mass is 10.1.